The Morgan fingerprint density at radius 2 is 2.03 bits per heavy atom. The highest BCUT2D eigenvalue weighted by Gasteiger charge is 2.42. The first-order valence-corrected chi connectivity index (χ1v) is 12.2. The van der Waals surface area contributed by atoms with E-state index in [1.807, 2.05) is 30.3 Å². The van der Waals surface area contributed by atoms with Gasteiger partial charge >= 0.3 is 10.3 Å². The molecular formula is C21H21ClN6O5S. The standard InChI is InChI=1S/C21H21ClN6O5S/c22-17-9-19(25-16-7-13(20(29)21(16)30)10-33-34(23,31)32)28-18(26-17)8-15(27-28)12-4-3-11-2-1-5-24-14(11)6-12/h1-6,8-9,13,16,20-21,25,29-30H,7,10H2,(H2,23,31,32)/t13-,16-,20-,21+/m1/s1. The summed E-state index contributed by atoms with van der Waals surface area (Å²) in [6, 6.07) is 12.4. The fourth-order valence-electron chi connectivity index (χ4n) is 4.22. The third kappa shape index (κ3) is 4.56. The Morgan fingerprint density at radius 3 is 2.82 bits per heavy atom. The number of nitrogens with two attached hydrogens (primary N) is 1. The number of benzene rings is 1. The van der Waals surface area contributed by atoms with Gasteiger partial charge in [-0.15, -0.1) is 0 Å². The minimum atomic E-state index is -4.16. The molecule has 178 valence electrons. The molecule has 1 fully saturated rings. The first-order chi connectivity index (χ1) is 16.2. The van der Waals surface area contributed by atoms with E-state index in [-0.39, 0.29) is 18.2 Å². The van der Waals surface area contributed by atoms with E-state index in [4.69, 9.17) is 16.7 Å². The van der Waals surface area contributed by atoms with Gasteiger partial charge in [0.1, 0.15) is 17.1 Å². The predicted octanol–water partition coefficient (Wildman–Crippen LogP) is 1.34. The van der Waals surface area contributed by atoms with Crippen LogP contribution in [0.25, 0.3) is 27.8 Å². The van der Waals surface area contributed by atoms with Crippen molar-refractivity contribution in [1.82, 2.24) is 19.6 Å². The molecule has 3 heterocycles. The number of fused-ring (bicyclic) bond motifs is 2. The van der Waals surface area contributed by atoms with Crippen LogP contribution >= 0.6 is 11.6 Å². The summed E-state index contributed by atoms with van der Waals surface area (Å²) in [7, 11) is -4.16. The quantitative estimate of drug-likeness (QED) is 0.283. The van der Waals surface area contributed by atoms with Crippen molar-refractivity contribution in [2.45, 2.75) is 24.7 Å². The van der Waals surface area contributed by atoms with Gasteiger partial charge in [-0.25, -0.2) is 10.1 Å². The number of anilines is 1. The minimum absolute atomic E-state index is 0.212. The molecule has 0 bridgehead atoms. The van der Waals surface area contributed by atoms with E-state index in [0.29, 0.717) is 17.2 Å². The second-order valence-electron chi connectivity index (χ2n) is 8.18. The maximum atomic E-state index is 11.1. The summed E-state index contributed by atoms with van der Waals surface area (Å²) in [5.41, 5.74) is 2.80. The van der Waals surface area contributed by atoms with E-state index in [9.17, 15) is 18.6 Å². The van der Waals surface area contributed by atoms with Crippen LogP contribution in [0, 0.1) is 5.92 Å². The van der Waals surface area contributed by atoms with Crippen LogP contribution in [0.2, 0.25) is 5.15 Å². The minimum Gasteiger partial charge on any atom is -0.390 e. The van der Waals surface area contributed by atoms with Crippen molar-refractivity contribution in [3.63, 3.8) is 0 Å². The van der Waals surface area contributed by atoms with Gasteiger partial charge in [-0.2, -0.15) is 18.0 Å². The Balaban J connectivity index is 1.44. The number of hydrogen-bond acceptors (Lipinski definition) is 9. The first-order valence-electron chi connectivity index (χ1n) is 10.4. The van der Waals surface area contributed by atoms with Crippen LogP contribution in [0.4, 0.5) is 5.82 Å². The molecule has 0 aliphatic heterocycles. The molecule has 5 N–H and O–H groups in total. The zero-order valence-electron chi connectivity index (χ0n) is 17.6. The number of aliphatic hydroxyl groups is 2. The fourth-order valence-corrected chi connectivity index (χ4v) is 4.77. The summed E-state index contributed by atoms with van der Waals surface area (Å²) in [5, 5.41) is 34.7. The summed E-state index contributed by atoms with van der Waals surface area (Å²) in [5.74, 6) is -0.193. The van der Waals surface area contributed by atoms with Crippen LogP contribution in [0.15, 0.2) is 48.7 Å². The summed E-state index contributed by atoms with van der Waals surface area (Å²) >= 11 is 6.22. The van der Waals surface area contributed by atoms with Crippen LogP contribution in [0.5, 0.6) is 0 Å². The highest BCUT2D eigenvalue weighted by atomic mass is 35.5. The third-order valence-electron chi connectivity index (χ3n) is 5.88. The fraction of sp³-hybridized carbons (Fsp3) is 0.286. The van der Waals surface area contributed by atoms with E-state index in [1.54, 1.807) is 22.8 Å². The molecule has 5 rings (SSSR count). The lowest BCUT2D eigenvalue weighted by molar-refractivity contribution is 0.00777. The van der Waals surface area contributed by atoms with Crippen LogP contribution in [-0.2, 0) is 14.5 Å². The Kier molecular flexibility index (Phi) is 5.88. The molecule has 1 aromatic carbocycles. The number of halogens is 1. The zero-order chi connectivity index (χ0) is 24.0. The zero-order valence-corrected chi connectivity index (χ0v) is 19.2. The molecule has 34 heavy (non-hydrogen) atoms. The third-order valence-corrected chi connectivity index (χ3v) is 6.54. The van der Waals surface area contributed by atoms with E-state index >= 15 is 0 Å². The molecule has 0 spiro atoms. The highest BCUT2D eigenvalue weighted by Crippen LogP contribution is 2.31. The number of pyridine rings is 1. The first kappa shape index (κ1) is 22.9. The molecule has 0 radical (unpaired) electrons. The van der Waals surface area contributed by atoms with E-state index in [1.165, 1.54) is 0 Å². The second kappa shape index (κ2) is 8.73. The van der Waals surface area contributed by atoms with Gasteiger partial charge in [0.15, 0.2) is 5.65 Å². The SMILES string of the molecule is NS(=O)(=O)OC[C@H]1C[C@@H](Nc2cc(Cl)nc3cc(-c4ccc5cccnc5c4)nn23)[C@H](O)[C@@H]1O. The van der Waals surface area contributed by atoms with E-state index in [0.717, 1.165) is 16.5 Å². The molecule has 13 heteroatoms. The van der Waals surface area contributed by atoms with Crippen molar-refractivity contribution >= 4 is 44.3 Å². The summed E-state index contributed by atoms with van der Waals surface area (Å²) in [6.07, 6.45) is -0.436. The Labute approximate surface area is 199 Å². The molecule has 1 aliphatic rings. The number of nitrogens with one attached hydrogen (secondary N) is 1. The number of aliphatic hydroxyl groups excluding tert-OH is 2. The van der Waals surface area contributed by atoms with Gasteiger partial charge in [-0.3, -0.25) is 9.17 Å². The average Bonchev–Trinajstić information content (AvgIpc) is 3.33. The summed E-state index contributed by atoms with van der Waals surface area (Å²) < 4.78 is 28.3. The molecule has 0 amide bonds. The van der Waals surface area contributed by atoms with Gasteiger partial charge < -0.3 is 15.5 Å². The largest absolute Gasteiger partial charge is 0.390 e. The van der Waals surface area contributed by atoms with Gasteiger partial charge in [0.05, 0.1) is 30.0 Å². The topological polar surface area (TPSA) is 165 Å². The van der Waals surface area contributed by atoms with E-state index in [2.05, 4.69) is 24.6 Å². The maximum absolute atomic E-state index is 11.1. The molecule has 1 saturated carbocycles. The number of hydrogen-bond donors (Lipinski definition) is 4. The second-order valence-corrected chi connectivity index (χ2v) is 9.79. The van der Waals surface area contributed by atoms with Gasteiger partial charge in [0, 0.05) is 35.2 Å². The number of nitrogens with zero attached hydrogens (tertiary/aromatic N) is 4. The number of aromatic nitrogens is 4. The molecule has 11 nitrogen and oxygen atoms in total. The average molecular weight is 505 g/mol. The normalized spacial score (nSPS) is 23.1. The predicted molar refractivity (Wildman–Crippen MR) is 125 cm³/mol. The Bertz CT molecular complexity index is 1480. The lowest BCUT2D eigenvalue weighted by atomic mass is 10.1. The molecular weight excluding hydrogens is 484 g/mol. The Morgan fingerprint density at radius 1 is 1.21 bits per heavy atom. The maximum Gasteiger partial charge on any atom is 0.333 e. The molecule has 0 saturated heterocycles. The smallest absolute Gasteiger partial charge is 0.333 e. The van der Waals surface area contributed by atoms with Crippen molar-refractivity contribution in [1.29, 1.82) is 0 Å². The molecule has 0 unspecified atom stereocenters. The lowest BCUT2D eigenvalue weighted by Crippen LogP contribution is -2.36. The van der Waals surface area contributed by atoms with Crippen LogP contribution < -0.4 is 10.5 Å². The van der Waals surface area contributed by atoms with E-state index < -0.39 is 34.5 Å². The van der Waals surface area contributed by atoms with Crippen molar-refractivity contribution < 1.29 is 22.8 Å². The van der Waals surface area contributed by atoms with Crippen LogP contribution in [0.1, 0.15) is 6.42 Å². The Hall–Kier alpha value is -2.87. The lowest BCUT2D eigenvalue weighted by Gasteiger charge is -2.19. The van der Waals surface area contributed by atoms with Crippen molar-refractivity contribution in [2.24, 2.45) is 11.1 Å². The van der Waals surface area contributed by atoms with Gasteiger partial charge in [0.25, 0.3) is 0 Å². The molecule has 4 atom stereocenters. The van der Waals surface area contributed by atoms with Crippen molar-refractivity contribution in [3.8, 4) is 11.3 Å². The summed E-state index contributed by atoms with van der Waals surface area (Å²) in [6.45, 7) is -0.344. The number of rotatable bonds is 6. The van der Waals surface area contributed by atoms with Crippen molar-refractivity contribution in [2.75, 3.05) is 11.9 Å². The monoisotopic (exact) mass is 504 g/mol. The van der Waals surface area contributed by atoms with Crippen LogP contribution in [-0.4, -0.2) is 63.1 Å². The van der Waals surface area contributed by atoms with Gasteiger partial charge in [-0.1, -0.05) is 29.8 Å². The molecule has 1 aliphatic carbocycles. The van der Waals surface area contributed by atoms with Crippen LogP contribution in [0.3, 0.4) is 0 Å². The highest BCUT2D eigenvalue weighted by molar-refractivity contribution is 7.84. The van der Waals surface area contributed by atoms with Gasteiger partial charge in [-0.05, 0) is 18.6 Å². The van der Waals surface area contributed by atoms with Gasteiger partial charge in [0.2, 0.25) is 0 Å². The van der Waals surface area contributed by atoms with Crippen molar-refractivity contribution in [3.05, 3.63) is 53.8 Å². The summed E-state index contributed by atoms with van der Waals surface area (Å²) in [4.78, 5) is 8.71. The molecule has 3 aromatic heterocycles. The molecule has 4 aromatic rings.